The van der Waals surface area contributed by atoms with Crippen molar-refractivity contribution in [1.29, 1.82) is 0 Å². The maximum atomic E-state index is 12.3. The van der Waals surface area contributed by atoms with Gasteiger partial charge in [-0.1, -0.05) is 17.7 Å². The van der Waals surface area contributed by atoms with Crippen molar-refractivity contribution in [2.45, 2.75) is 44.0 Å². The summed E-state index contributed by atoms with van der Waals surface area (Å²) < 4.78 is 31.6. The molecular formula is C17H23N3O6S. The van der Waals surface area contributed by atoms with Crippen molar-refractivity contribution in [1.82, 2.24) is 15.4 Å². The van der Waals surface area contributed by atoms with Gasteiger partial charge in [-0.05, 0) is 38.3 Å². The van der Waals surface area contributed by atoms with Gasteiger partial charge in [0.25, 0.3) is 5.91 Å². The van der Waals surface area contributed by atoms with Crippen LogP contribution in [0.15, 0.2) is 23.1 Å². The third kappa shape index (κ3) is 6.99. The highest BCUT2D eigenvalue weighted by molar-refractivity contribution is 7.89. The molecule has 2 rings (SSSR count). The molecule has 0 radical (unpaired) electrons. The fourth-order valence-corrected chi connectivity index (χ4v) is 3.55. The lowest BCUT2D eigenvalue weighted by molar-refractivity contribution is -0.148. The largest absolute Gasteiger partial charge is 0.456 e. The number of imide groups is 1. The second-order valence-electron chi connectivity index (χ2n) is 6.37. The Hall–Kier alpha value is -2.46. The minimum Gasteiger partial charge on any atom is -0.456 e. The highest BCUT2D eigenvalue weighted by Gasteiger charge is 2.24. The summed E-state index contributed by atoms with van der Waals surface area (Å²) in [7, 11) is -3.75. The average Bonchev–Trinajstić information content (AvgIpc) is 3.36. The summed E-state index contributed by atoms with van der Waals surface area (Å²) >= 11 is 0. The number of hydrogen-bond acceptors (Lipinski definition) is 6. The molecule has 27 heavy (non-hydrogen) atoms. The van der Waals surface area contributed by atoms with Crippen molar-refractivity contribution < 1.29 is 27.5 Å². The van der Waals surface area contributed by atoms with E-state index in [4.69, 9.17) is 4.74 Å². The fourth-order valence-electron chi connectivity index (χ4n) is 2.30. The van der Waals surface area contributed by atoms with Crippen LogP contribution in [-0.2, 0) is 24.3 Å². The van der Waals surface area contributed by atoms with E-state index < -0.39 is 34.5 Å². The third-order valence-electron chi connectivity index (χ3n) is 3.77. The number of benzene rings is 1. The number of carbonyl (C=O) groups is 3. The van der Waals surface area contributed by atoms with Crippen LogP contribution < -0.4 is 15.4 Å². The van der Waals surface area contributed by atoms with Gasteiger partial charge in [-0.15, -0.1) is 0 Å². The molecule has 1 aliphatic rings. The highest BCUT2D eigenvalue weighted by atomic mass is 32.2. The molecule has 9 nitrogen and oxygen atoms in total. The molecule has 1 aromatic rings. The van der Waals surface area contributed by atoms with Crippen LogP contribution in [0.1, 0.15) is 30.4 Å². The van der Waals surface area contributed by atoms with Gasteiger partial charge in [0.2, 0.25) is 10.0 Å². The molecule has 1 aromatic carbocycles. The third-order valence-corrected chi connectivity index (χ3v) is 5.39. The highest BCUT2D eigenvalue weighted by Crippen LogP contribution is 2.18. The predicted molar refractivity (Wildman–Crippen MR) is 96.4 cm³/mol. The summed E-state index contributed by atoms with van der Waals surface area (Å²) in [5, 5.41) is 4.60. The Balaban J connectivity index is 1.70. The second-order valence-corrected chi connectivity index (χ2v) is 8.11. The summed E-state index contributed by atoms with van der Waals surface area (Å²) in [6.45, 7) is 2.77. The quantitative estimate of drug-likeness (QED) is 0.548. The van der Waals surface area contributed by atoms with Crippen molar-refractivity contribution in [3.8, 4) is 0 Å². The van der Waals surface area contributed by atoms with Gasteiger partial charge in [-0.3, -0.25) is 14.9 Å². The lowest BCUT2D eigenvalue weighted by Gasteiger charge is -2.10. The van der Waals surface area contributed by atoms with E-state index in [0.29, 0.717) is 5.56 Å². The Morgan fingerprint density at radius 3 is 2.52 bits per heavy atom. The molecular weight excluding hydrogens is 374 g/mol. The first-order chi connectivity index (χ1) is 12.7. The van der Waals surface area contributed by atoms with Gasteiger partial charge in [0.1, 0.15) is 0 Å². The molecule has 0 unspecified atom stereocenters. The fraction of sp³-hybridized carbons (Fsp3) is 0.471. The minimum atomic E-state index is -3.75. The second kappa shape index (κ2) is 8.96. The molecule has 0 heterocycles. The van der Waals surface area contributed by atoms with E-state index in [9.17, 15) is 22.8 Å². The number of sulfonamides is 1. The van der Waals surface area contributed by atoms with Crippen LogP contribution >= 0.6 is 0 Å². The van der Waals surface area contributed by atoms with Crippen molar-refractivity contribution >= 4 is 27.9 Å². The lowest BCUT2D eigenvalue weighted by atomic mass is 10.2. The standard InChI is InChI=1S/C17H23N3O6S/c1-11-3-6-14(12(2)9-11)27(24,25)18-8-7-16(22)26-10-15(21)20-17(23)19-13-4-5-13/h3,6,9,13,18H,4-5,7-8,10H2,1-2H3,(H2,19,20,21,23). The van der Waals surface area contributed by atoms with Gasteiger partial charge in [0.05, 0.1) is 11.3 Å². The lowest BCUT2D eigenvalue weighted by Crippen LogP contribution is -2.42. The molecule has 3 amide bonds. The molecule has 0 atom stereocenters. The molecule has 1 aliphatic carbocycles. The summed E-state index contributed by atoms with van der Waals surface area (Å²) in [6.07, 6.45) is 1.52. The van der Waals surface area contributed by atoms with E-state index >= 15 is 0 Å². The number of urea groups is 1. The first-order valence-corrected chi connectivity index (χ1v) is 9.98. The SMILES string of the molecule is Cc1ccc(S(=O)(=O)NCCC(=O)OCC(=O)NC(=O)NC2CC2)c(C)c1. The molecule has 1 saturated carbocycles. The van der Waals surface area contributed by atoms with Crippen molar-refractivity contribution in [2.24, 2.45) is 0 Å². The first-order valence-electron chi connectivity index (χ1n) is 8.50. The van der Waals surface area contributed by atoms with Crippen LogP contribution in [-0.4, -0.2) is 45.5 Å². The maximum Gasteiger partial charge on any atom is 0.321 e. The number of ether oxygens (including phenoxy) is 1. The first kappa shape index (κ1) is 20.8. The molecule has 0 spiro atoms. The molecule has 1 fully saturated rings. The van der Waals surface area contributed by atoms with Crippen molar-refractivity contribution in [3.63, 3.8) is 0 Å². The number of carbonyl (C=O) groups excluding carboxylic acids is 3. The Kier molecular flexibility index (Phi) is 6.92. The maximum absolute atomic E-state index is 12.3. The topological polar surface area (TPSA) is 131 Å². The monoisotopic (exact) mass is 397 g/mol. The summed E-state index contributed by atoms with van der Waals surface area (Å²) in [5.41, 5.74) is 1.55. The smallest absolute Gasteiger partial charge is 0.321 e. The van der Waals surface area contributed by atoms with E-state index in [2.05, 4.69) is 10.0 Å². The zero-order valence-corrected chi connectivity index (χ0v) is 16.0. The van der Waals surface area contributed by atoms with E-state index in [1.54, 1.807) is 19.1 Å². The Labute approximate surface area is 157 Å². The Morgan fingerprint density at radius 1 is 1.19 bits per heavy atom. The summed E-state index contributed by atoms with van der Waals surface area (Å²) in [6, 6.07) is 4.42. The van der Waals surface area contributed by atoms with Gasteiger partial charge < -0.3 is 10.1 Å². The van der Waals surface area contributed by atoms with Gasteiger partial charge >= 0.3 is 12.0 Å². The van der Waals surface area contributed by atoms with Crippen LogP contribution in [0.4, 0.5) is 4.79 Å². The zero-order chi connectivity index (χ0) is 20.0. The van der Waals surface area contributed by atoms with Gasteiger partial charge in [-0.2, -0.15) is 0 Å². The van der Waals surface area contributed by atoms with E-state index in [1.165, 1.54) is 6.07 Å². The number of esters is 1. The Bertz CT molecular complexity index is 833. The summed E-state index contributed by atoms with van der Waals surface area (Å²) in [4.78, 5) is 34.6. The Morgan fingerprint density at radius 2 is 1.89 bits per heavy atom. The molecule has 148 valence electrons. The zero-order valence-electron chi connectivity index (χ0n) is 15.2. The molecule has 0 bridgehead atoms. The minimum absolute atomic E-state index is 0.102. The number of aryl methyl sites for hydroxylation is 2. The van der Waals surface area contributed by atoms with Crippen LogP contribution in [0, 0.1) is 13.8 Å². The van der Waals surface area contributed by atoms with Crippen LogP contribution in [0.2, 0.25) is 0 Å². The molecule has 0 aromatic heterocycles. The van der Waals surface area contributed by atoms with Crippen molar-refractivity contribution in [3.05, 3.63) is 29.3 Å². The van der Waals surface area contributed by atoms with Crippen LogP contribution in [0.3, 0.4) is 0 Å². The molecule has 3 N–H and O–H groups in total. The molecule has 10 heteroatoms. The van der Waals surface area contributed by atoms with E-state index in [1.807, 2.05) is 12.2 Å². The number of amides is 3. The number of rotatable bonds is 8. The van der Waals surface area contributed by atoms with Crippen molar-refractivity contribution in [2.75, 3.05) is 13.2 Å². The van der Waals surface area contributed by atoms with E-state index in [0.717, 1.165) is 18.4 Å². The van der Waals surface area contributed by atoms with Crippen LogP contribution in [0.25, 0.3) is 0 Å². The van der Waals surface area contributed by atoms with Gasteiger partial charge in [-0.25, -0.2) is 17.9 Å². The van der Waals surface area contributed by atoms with Crippen LogP contribution in [0.5, 0.6) is 0 Å². The number of nitrogens with one attached hydrogen (secondary N) is 3. The average molecular weight is 397 g/mol. The number of hydrogen-bond donors (Lipinski definition) is 3. The normalized spacial score (nSPS) is 13.7. The molecule has 0 saturated heterocycles. The predicted octanol–water partition coefficient (Wildman–Crippen LogP) is 0.503. The molecule has 0 aliphatic heterocycles. The van der Waals surface area contributed by atoms with Gasteiger partial charge in [0.15, 0.2) is 6.61 Å². The van der Waals surface area contributed by atoms with E-state index in [-0.39, 0.29) is 23.9 Å². The summed E-state index contributed by atoms with van der Waals surface area (Å²) in [5.74, 6) is -1.51. The van der Waals surface area contributed by atoms with Gasteiger partial charge in [0, 0.05) is 12.6 Å².